The first-order valence-corrected chi connectivity index (χ1v) is 5.15. The number of amides is 1. The summed E-state index contributed by atoms with van der Waals surface area (Å²) in [6.07, 6.45) is 1.92. The predicted octanol–water partition coefficient (Wildman–Crippen LogP) is 1.30. The van der Waals surface area contributed by atoms with Gasteiger partial charge in [0, 0.05) is 27.0 Å². The van der Waals surface area contributed by atoms with Crippen molar-refractivity contribution in [2.75, 3.05) is 13.7 Å². The van der Waals surface area contributed by atoms with Crippen LogP contribution in [0.5, 0.6) is 0 Å². The summed E-state index contributed by atoms with van der Waals surface area (Å²) in [5.74, 6) is -0.0144. The lowest BCUT2D eigenvalue weighted by atomic mass is 10.2. The number of rotatable bonds is 3. The SMILES string of the molecule is CC.COC1CCC(CNC(C)=O)O1. The molecule has 1 saturated heterocycles. The molecule has 0 aromatic rings. The van der Waals surface area contributed by atoms with Crippen LogP contribution < -0.4 is 5.32 Å². The summed E-state index contributed by atoms with van der Waals surface area (Å²) in [6, 6.07) is 0. The lowest BCUT2D eigenvalue weighted by molar-refractivity contribution is -0.124. The molecule has 1 N–H and O–H groups in total. The third-order valence-electron chi connectivity index (χ3n) is 1.91. The minimum absolute atomic E-state index is 0.0144. The maximum atomic E-state index is 10.6. The van der Waals surface area contributed by atoms with Gasteiger partial charge in [0.1, 0.15) is 0 Å². The van der Waals surface area contributed by atoms with Crippen LogP contribution in [0.1, 0.15) is 33.6 Å². The van der Waals surface area contributed by atoms with Crippen LogP contribution in [0, 0.1) is 0 Å². The van der Waals surface area contributed by atoms with Gasteiger partial charge < -0.3 is 14.8 Å². The average molecular weight is 203 g/mol. The maximum Gasteiger partial charge on any atom is 0.216 e. The van der Waals surface area contributed by atoms with Gasteiger partial charge in [-0.25, -0.2) is 0 Å². The third kappa shape index (κ3) is 5.19. The summed E-state index contributed by atoms with van der Waals surface area (Å²) in [4.78, 5) is 10.6. The minimum atomic E-state index is -0.0799. The van der Waals surface area contributed by atoms with E-state index in [1.165, 1.54) is 6.92 Å². The Morgan fingerprint density at radius 2 is 2.14 bits per heavy atom. The average Bonchev–Trinajstić information content (AvgIpc) is 2.65. The second-order valence-corrected chi connectivity index (χ2v) is 2.94. The van der Waals surface area contributed by atoms with Crippen LogP contribution in [0.15, 0.2) is 0 Å². The van der Waals surface area contributed by atoms with Crippen molar-refractivity contribution >= 4 is 5.91 Å². The van der Waals surface area contributed by atoms with Gasteiger partial charge in [0.2, 0.25) is 5.91 Å². The smallest absolute Gasteiger partial charge is 0.216 e. The normalized spacial score (nSPS) is 25.1. The van der Waals surface area contributed by atoms with Crippen LogP contribution in [0.3, 0.4) is 0 Å². The van der Waals surface area contributed by atoms with Crippen LogP contribution in [0.2, 0.25) is 0 Å². The lowest BCUT2D eigenvalue weighted by Gasteiger charge is -2.12. The number of hydrogen-bond donors (Lipinski definition) is 1. The van der Waals surface area contributed by atoms with Gasteiger partial charge in [0.05, 0.1) is 6.10 Å². The zero-order chi connectivity index (χ0) is 11.0. The molecule has 14 heavy (non-hydrogen) atoms. The standard InChI is InChI=1S/C8H15NO3.C2H6/c1-6(10)9-5-7-3-4-8(11-2)12-7;1-2/h7-8H,3-5H2,1-2H3,(H,9,10);1-2H3. The Morgan fingerprint density at radius 1 is 1.50 bits per heavy atom. The van der Waals surface area contributed by atoms with Crippen LogP contribution in [0.25, 0.3) is 0 Å². The highest BCUT2D eigenvalue weighted by molar-refractivity contribution is 5.72. The highest BCUT2D eigenvalue weighted by Crippen LogP contribution is 2.18. The Hall–Kier alpha value is -0.610. The molecular weight excluding hydrogens is 182 g/mol. The Bertz CT molecular complexity index is 161. The number of ether oxygens (including phenoxy) is 2. The monoisotopic (exact) mass is 203 g/mol. The molecule has 2 unspecified atom stereocenters. The Balaban J connectivity index is 0.000000791. The number of nitrogens with one attached hydrogen (secondary N) is 1. The molecule has 0 bridgehead atoms. The van der Waals surface area contributed by atoms with Crippen molar-refractivity contribution in [3.63, 3.8) is 0 Å². The Morgan fingerprint density at radius 3 is 2.57 bits per heavy atom. The van der Waals surface area contributed by atoms with E-state index >= 15 is 0 Å². The van der Waals surface area contributed by atoms with Crippen molar-refractivity contribution in [3.05, 3.63) is 0 Å². The maximum absolute atomic E-state index is 10.6. The van der Waals surface area contributed by atoms with Gasteiger partial charge >= 0.3 is 0 Å². The van der Waals surface area contributed by atoms with E-state index in [4.69, 9.17) is 9.47 Å². The molecule has 0 radical (unpaired) electrons. The lowest BCUT2D eigenvalue weighted by Crippen LogP contribution is -2.30. The zero-order valence-corrected chi connectivity index (χ0v) is 9.50. The summed E-state index contributed by atoms with van der Waals surface area (Å²) < 4.78 is 10.4. The van der Waals surface area contributed by atoms with Gasteiger partial charge in [0.25, 0.3) is 0 Å². The number of carbonyl (C=O) groups excluding carboxylic acids is 1. The van der Waals surface area contributed by atoms with Crippen molar-refractivity contribution in [1.29, 1.82) is 0 Å². The molecule has 1 heterocycles. The molecule has 4 nitrogen and oxygen atoms in total. The van der Waals surface area contributed by atoms with Crippen LogP contribution in [-0.2, 0) is 14.3 Å². The third-order valence-corrected chi connectivity index (χ3v) is 1.91. The van der Waals surface area contributed by atoms with Crippen molar-refractivity contribution in [3.8, 4) is 0 Å². The van der Waals surface area contributed by atoms with Crippen molar-refractivity contribution in [1.82, 2.24) is 5.32 Å². The summed E-state index contributed by atoms with van der Waals surface area (Å²) >= 11 is 0. The molecule has 0 aromatic carbocycles. The van der Waals surface area contributed by atoms with E-state index in [0.717, 1.165) is 12.8 Å². The number of carbonyl (C=O) groups is 1. The fourth-order valence-corrected chi connectivity index (χ4v) is 1.25. The molecule has 1 rings (SSSR count). The summed E-state index contributed by atoms with van der Waals surface area (Å²) in [5.41, 5.74) is 0. The van der Waals surface area contributed by atoms with Crippen LogP contribution >= 0.6 is 0 Å². The van der Waals surface area contributed by atoms with Crippen LogP contribution in [0.4, 0.5) is 0 Å². The Labute approximate surface area is 86.0 Å². The number of methoxy groups -OCH3 is 1. The van der Waals surface area contributed by atoms with E-state index in [2.05, 4.69) is 5.32 Å². The molecule has 4 heteroatoms. The summed E-state index contributed by atoms with van der Waals surface area (Å²) in [5, 5.41) is 2.71. The van der Waals surface area contributed by atoms with E-state index in [-0.39, 0.29) is 18.3 Å². The fraction of sp³-hybridized carbons (Fsp3) is 0.900. The molecule has 1 fully saturated rings. The van der Waals surface area contributed by atoms with Crippen molar-refractivity contribution in [2.24, 2.45) is 0 Å². The van der Waals surface area contributed by atoms with Gasteiger partial charge in [-0.1, -0.05) is 13.8 Å². The molecule has 0 aromatic heterocycles. The molecule has 1 amide bonds. The highest BCUT2D eigenvalue weighted by Gasteiger charge is 2.24. The highest BCUT2D eigenvalue weighted by atomic mass is 16.7. The van der Waals surface area contributed by atoms with Gasteiger partial charge in [-0.05, 0) is 6.42 Å². The fourth-order valence-electron chi connectivity index (χ4n) is 1.25. The van der Waals surface area contributed by atoms with E-state index < -0.39 is 0 Å². The second-order valence-electron chi connectivity index (χ2n) is 2.94. The van der Waals surface area contributed by atoms with Gasteiger partial charge in [-0.3, -0.25) is 4.79 Å². The molecule has 0 saturated carbocycles. The van der Waals surface area contributed by atoms with E-state index in [1.54, 1.807) is 7.11 Å². The first-order chi connectivity index (χ1) is 6.72. The molecule has 0 spiro atoms. The molecule has 1 aliphatic heterocycles. The first kappa shape index (κ1) is 13.4. The topological polar surface area (TPSA) is 47.6 Å². The van der Waals surface area contributed by atoms with Crippen LogP contribution in [-0.4, -0.2) is 32.0 Å². The van der Waals surface area contributed by atoms with Gasteiger partial charge in [-0.2, -0.15) is 0 Å². The van der Waals surface area contributed by atoms with Gasteiger partial charge in [0.15, 0.2) is 6.29 Å². The summed E-state index contributed by atoms with van der Waals surface area (Å²) in [7, 11) is 1.63. The predicted molar refractivity (Wildman–Crippen MR) is 54.9 cm³/mol. The molecule has 2 atom stereocenters. The van der Waals surface area contributed by atoms with Crippen molar-refractivity contribution < 1.29 is 14.3 Å². The van der Waals surface area contributed by atoms with E-state index in [1.807, 2.05) is 13.8 Å². The molecule has 1 aliphatic rings. The first-order valence-electron chi connectivity index (χ1n) is 5.15. The van der Waals surface area contributed by atoms with E-state index in [9.17, 15) is 4.79 Å². The summed E-state index contributed by atoms with van der Waals surface area (Å²) in [6.45, 7) is 6.10. The van der Waals surface area contributed by atoms with Gasteiger partial charge in [-0.15, -0.1) is 0 Å². The quantitative estimate of drug-likeness (QED) is 0.752. The second kappa shape index (κ2) is 7.76. The molecule has 0 aliphatic carbocycles. The number of hydrogen-bond acceptors (Lipinski definition) is 3. The molecular formula is C10H21NO3. The Kier molecular flexibility index (Phi) is 7.42. The van der Waals surface area contributed by atoms with Crippen molar-refractivity contribution in [2.45, 2.75) is 46.0 Å². The minimum Gasteiger partial charge on any atom is -0.356 e. The van der Waals surface area contributed by atoms with E-state index in [0.29, 0.717) is 6.54 Å². The molecule has 84 valence electrons. The largest absolute Gasteiger partial charge is 0.356 e. The zero-order valence-electron chi connectivity index (χ0n) is 9.50.